The Kier molecular flexibility index (Phi) is 3.22. The number of Topliss-reactive ketones (excluding diaryl/α,β-unsaturated/α-hetero) is 1. The zero-order valence-electron chi connectivity index (χ0n) is 11.7. The van der Waals surface area contributed by atoms with Gasteiger partial charge in [0.2, 0.25) is 0 Å². The van der Waals surface area contributed by atoms with Crippen LogP contribution in [-0.2, 0) is 0 Å². The molecule has 3 aromatic rings. The van der Waals surface area contributed by atoms with Crippen LogP contribution < -0.4 is 0 Å². The van der Waals surface area contributed by atoms with E-state index in [4.69, 9.17) is 0 Å². The van der Waals surface area contributed by atoms with E-state index in [1.54, 1.807) is 0 Å². The molecule has 3 rings (SSSR count). The number of carbonyl (C=O) groups excluding carboxylic acids is 1. The number of halogens is 1. The Morgan fingerprint density at radius 2 is 1.95 bits per heavy atom. The maximum atomic E-state index is 13.4. The highest BCUT2D eigenvalue weighted by atomic mass is 19.1. The molecule has 0 aliphatic rings. The number of hydrogen-bond acceptors (Lipinski definition) is 3. The van der Waals surface area contributed by atoms with E-state index in [2.05, 4.69) is 9.97 Å². The summed E-state index contributed by atoms with van der Waals surface area (Å²) in [5.41, 5.74) is 3.34. The third kappa shape index (κ3) is 2.52. The molecule has 2 heterocycles. The summed E-state index contributed by atoms with van der Waals surface area (Å²) < 4.78 is 13.4. The molecular weight excluding hydrogens is 267 g/mol. The maximum absolute atomic E-state index is 13.4. The normalized spacial score (nSPS) is 10.8. The number of aryl methyl sites for hydroxylation is 1. The predicted octanol–water partition coefficient (Wildman–Crippen LogP) is 3.95. The monoisotopic (exact) mass is 280 g/mol. The second kappa shape index (κ2) is 5.05. The summed E-state index contributed by atoms with van der Waals surface area (Å²) in [6.45, 7) is 3.44. The average Bonchev–Trinajstić information content (AvgIpc) is 2.45. The number of pyridine rings is 2. The van der Waals surface area contributed by atoms with Crippen molar-refractivity contribution >= 4 is 16.7 Å². The predicted molar refractivity (Wildman–Crippen MR) is 79.7 cm³/mol. The number of hydrogen-bond donors (Lipinski definition) is 0. The Labute approximate surface area is 121 Å². The summed E-state index contributed by atoms with van der Waals surface area (Å²) in [5.74, 6) is -0.594. The number of nitrogens with zero attached hydrogens (tertiary/aromatic N) is 2. The fraction of sp³-hybridized carbons (Fsp3) is 0.118. The lowest BCUT2D eigenvalue weighted by atomic mass is 10.0. The maximum Gasteiger partial charge on any atom is 0.178 e. The molecule has 4 heteroatoms. The molecule has 0 N–H and O–H groups in total. The summed E-state index contributed by atoms with van der Waals surface area (Å²) in [7, 11) is 0. The van der Waals surface area contributed by atoms with Crippen LogP contribution in [0.4, 0.5) is 4.39 Å². The molecule has 0 bridgehead atoms. The van der Waals surface area contributed by atoms with Gasteiger partial charge in [-0.15, -0.1) is 0 Å². The summed E-state index contributed by atoms with van der Waals surface area (Å²) in [4.78, 5) is 20.1. The Balaban J connectivity index is 2.33. The fourth-order valence-electron chi connectivity index (χ4n) is 2.34. The minimum Gasteiger partial charge on any atom is -0.293 e. The molecule has 0 aliphatic heterocycles. The van der Waals surface area contributed by atoms with Gasteiger partial charge in [-0.2, -0.15) is 0 Å². The van der Waals surface area contributed by atoms with Crippen LogP contribution in [0, 0.1) is 12.7 Å². The van der Waals surface area contributed by atoms with Gasteiger partial charge in [0.1, 0.15) is 11.5 Å². The number of rotatable bonds is 2. The molecule has 0 spiro atoms. The smallest absolute Gasteiger partial charge is 0.178 e. The van der Waals surface area contributed by atoms with Crippen molar-refractivity contribution in [3.63, 3.8) is 0 Å². The van der Waals surface area contributed by atoms with Crippen LogP contribution >= 0.6 is 0 Å². The van der Waals surface area contributed by atoms with Crippen LogP contribution in [0.5, 0.6) is 0 Å². The Morgan fingerprint density at radius 1 is 1.14 bits per heavy atom. The topological polar surface area (TPSA) is 42.9 Å². The molecule has 0 fully saturated rings. The largest absolute Gasteiger partial charge is 0.293 e. The van der Waals surface area contributed by atoms with Gasteiger partial charge in [-0.05, 0) is 31.2 Å². The highest BCUT2D eigenvalue weighted by molar-refractivity contribution is 6.02. The van der Waals surface area contributed by atoms with E-state index in [0.29, 0.717) is 16.8 Å². The fourth-order valence-corrected chi connectivity index (χ4v) is 2.34. The minimum absolute atomic E-state index is 0.156. The molecule has 0 unspecified atom stereocenters. The molecule has 21 heavy (non-hydrogen) atoms. The highest BCUT2D eigenvalue weighted by Gasteiger charge is 2.14. The molecule has 3 nitrogen and oxygen atoms in total. The minimum atomic E-state index is -0.439. The van der Waals surface area contributed by atoms with E-state index < -0.39 is 5.82 Å². The molecule has 2 aromatic heterocycles. The molecule has 0 saturated carbocycles. The van der Waals surface area contributed by atoms with Gasteiger partial charge >= 0.3 is 0 Å². The van der Waals surface area contributed by atoms with Crippen molar-refractivity contribution in [3.05, 3.63) is 59.8 Å². The molecule has 0 saturated heterocycles. The molecular formula is C17H13FN2O. The lowest BCUT2D eigenvalue weighted by Crippen LogP contribution is -2.01. The van der Waals surface area contributed by atoms with Crippen LogP contribution in [0.2, 0.25) is 0 Å². The number of carbonyl (C=O) groups is 1. The van der Waals surface area contributed by atoms with E-state index in [-0.39, 0.29) is 5.78 Å². The van der Waals surface area contributed by atoms with Gasteiger partial charge in [0, 0.05) is 29.6 Å². The quantitative estimate of drug-likeness (QED) is 0.668. The van der Waals surface area contributed by atoms with Gasteiger partial charge in [-0.1, -0.05) is 11.6 Å². The van der Waals surface area contributed by atoms with Crippen LogP contribution in [-0.4, -0.2) is 15.8 Å². The van der Waals surface area contributed by atoms with Gasteiger partial charge in [0.25, 0.3) is 0 Å². The van der Waals surface area contributed by atoms with Crippen molar-refractivity contribution in [1.82, 2.24) is 9.97 Å². The first-order chi connectivity index (χ1) is 10.0. The van der Waals surface area contributed by atoms with Crippen molar-refractivity contribution in [2.24, 2.45) is 0 Å². The second-order valence-corrected chi connectivity index (χ2v) is 5.03. The van der Waals surface area contributed by atoms with Gasteiger partial charge in [-0.25, -0.2) is 9.37 Å². The number of aromatic nitrogens is 2. The van der Waals surface area contributed by atoms with Gasteiger partial charge in [0.05, 0.1) is 11.7 Å². The Bertz CT molecular complexity index is 859. The Morgan fingerprint density at radius 3 is 2.67 bits per heavy atom. The molecule has 0 amide bonds. The first kappa shape index (κ1) is 13.4. The summed E-state index contributed by atoms with van der Waals surface area (Å²) >= 11 is 0. The molecule has 0 radical (unpaired) electrons. The van der Waals surface area contributed by atoms with Gasteiger partial charge in [0.15, 0.2) is 5.78 Å². The van der Waals surface area contributed by atoms with Crippen molar-refractivity contribution in [2.75, 3.05) is 0 Å². The van der Waals surface area contributed by atoms with E-state index in [1.807, 2.05) is 31.2 Å². The molecule has 104 valence electrons. The highest BCUT2D eigenvalue weighted by Crippen LogP contribution is 2.27. The molecule has 0 aliphatic carbocycles. The van der Waals surface area contributed by atoms with Crippen LogP contribution in [0.15, 0.2) is 42.7 Å². The summed E-state index contributed by atoms with van der Waals surface area (Å²) in [6, 6.07) is 9.04. The Hall–Kier alpha value is -2.62. The lowest BCUT2D eigenvalue weighted by Gasteiger charge is -2.09. The third-order valence-corrected chi connectivity index (χ3v) is 3.32. The number of ketones is 1. The van der Waals surface area contributed by atoms with Crippen LogP contribution in [0.25, 0.3) is 22.0 Å². The first-order valence-electron chi connectivity index (χ1n) is 6.58. The average molecular weight is 280 g/mol. The standard InChI is InChI=1S/C17H13FN2O/c1-10-3-4-16-12(5-10)7-15(17(20-16)11(2)21)13-6-14(18)9-19-8-13/h3-9H,1-2H3. The van der Waals surface area contributed by atoms with Crippen molar-refractivity contribution in [3.8, 4) is 11.1 Å². The molecule has 0 atom stereocenters. The van der Waals surface area contributed by atoms with Crippen LogP contribution in [0.1, 0.15) is 23.0 Å². The summed E-state index contributed by atoms with van der Waals surface area (Å²) in [5, 5.41) is 0.916. The third-order valence-electron chi connectivity index (χ3n) is 3.32. The van der Waals surface area contributed by atoms with Gasteiger partial charge in [-0.3, -0.25) is 9.78 Å². The second-order valence-electron chi connectivity index (χ2n) is 5.03. The lowest BCUT2D eigenvalue weighted by molar-refractivity contribution is 0.101. The van der Waals surface area contributed by atoms with E-state index in [0.717, 1.165) is 22.7 Å². The van der Waals surface area contributed by atoms with E-state index >= 15 is 0 Å². The number of fused-ring (bicyclic) bond motifs is 1. The zero-order chi connectivity index (χ0) is 15.0. The van der Waals surface area contributed by atoms with Crippen molar-refractivity contribution < 1.29 is 9.18 Å². The van der Waals surface area contributed by atoms with Crippen molar-refractivity contribution in [2.45, 2.75) is 13.8 Å². The SMILES string of the molecule is CC(=O)c1nc2ccc(C)cc2cc1-c1cncc(F)c1. The van der Waals surface area contributed by atoms with E-state index in [9.17, 15) is 9.18 Å². The first-order valence-corrected chi connectivity index (χ1v) is 6.58. The zero-order valence-corrected chi connectivity index (χ0v) is 11.7. The van der Waals surface area contributed by atoms with Crippen molar-refractivity contribution in [1.29, 1.82) is 0 Å². The number of benzene rings is 1. The summed E-state index contributed by atoms with van der Waals surface area (Å²) in [6.07, 6.45) is 2.67. The van der Waals surface area contributed by atoms with E-state index in [1.165, 1.54) is 19.2 Å². The van der Waals surface area contributed by atoms with Gasteiger partial charge < -0.3 is 0 Å². The van der Waals surface area contributed by atoms with Crippen LogP contribution in [0.3, 0.4) is 0 Å². The molecule has 1 aromatic carbocycles.